The third kappa shape index (κ3) is 14.7. The Kier molecular flexibility index (Phi) is 19.4. The number of hydroxylamine groups is 4. The molecule has 0 aliphatic rings. The Labute approximate surface area is 237 Å². The molecule has 0 saturated heterocycles. The molecule has 0 aromatic heterocycles. The van der Waals surface area contributed by atoms with Crippen LogP contribution in [-0.4, -0.2) is 43.2 Å². The number of hydrogen-bond acceptors (Lipinski definition) is 4. The number of carboxylic acid groups (broad SMARTS) is 1. The first-order valence-electron chi connectivity index (χ1n) is 15.3. The highest BCUT2D eigenvalue weighted by Crippen LogP contribution is 2.23. The third-order valence-electron chi connectivity index (χ3n) is 7.57. The van der Waals surface area contributed by atoms with E-state index in [4.69, 9.17) is 14.8 Å². The van der Waals surface area contributed by atoms with Crippen LogP contribution < -0.4 is 5.11 Å². The fourth-order valence-electron chi connectivity index (χ4n) is 5.03. The molecule has 2 rings (SSSR count). The predicted octanol–water partition coefficient (Wildman–Crippen LogP) is 8.82. The fraction of sp³-hybridized carbons (Fsp3) is 0.667. The Hall–Kier alpha value is -2.15. The lowest BCUT2D eigenvalue weighted by molar-refractivity contribution is -1.24. The van der Waals surface area contributed by atoms with Gasteiger partial charge in [0.1, 0.15) is 13.1 Å². The number of fused-ring (bicyclic) bond motifs is 1. The van der Waals surface area contributed by atoms with Gasteiger partial charge in [-0.3, -0.25) is 0 Å². The van der Waals surface area contributed by atoms with Crippen molar-refractivity contribution in [3.8, 4) is 5.75 Å². The summed E-state index contributed by atoms with van der Waals surface area (Å²) in [5, 5.41) is 21.3. The molecule has 39 heavy (non-hydrogen) atoms. The molecule has 0 unspecified atom stereocenters. The van der Waals surface area contributed by atoms with Crippen molar-refractivity contribution in [1.82, 2.24) is 0 Å². The standard InChI is InChI=1S/C22H48NO2.C11H8O3/c1-5-7-8-9-10-11-12-13-14-15-16-17-18-19-20-21-22-23(6-2,24-3)25-4;12-8-5-7-3-1-2-4-9(7)10(6-8)11(13)14/h5-22H2,1-4H3;1-6,12H,(H,13,14)/q+1;/p-1. The number of nitrogens with zero attached hydrogens (tertiary/aromatic N) is 1. The van der Waals surface area contributed by atoms with Crippen LogP contribution in [-0.2, 0) is 9.68 Å². The molecule has 0 atom stereocenters. The summed E-state index contributed by atoms with van der Waals surface area (Å²) in [5.41, 5.74) is 0.0631. The monoisotopic (exact) mass is 545 g/mol. The van der Waals surface area contributed by atoms with Crippen molar-refractivity contribution in [3.05, 3.63) is 42.0 Å². The van der Waals surface area contributed by atoms with Gasteiger partial charge in [-0.05, 0) is 28.9 Å². The van der Waals surface area contributed by atoms with Gasteiger partial charge >= 0.3 is 5.97 Å². The average molecular weight is 546 g/mol. The number of benzene rings is 2. The summed E-state index contributed by atoms with van der Waals surface area (Å²) in [6.07, 6.45) is 22.5. The molecule has 0 aliphatic carbocycles. The lowest BCUT2D eigenvalue weighted by atomic mass is 10.0. The van der Waals surface area contributed by atoms with Crippen molar-refractivity contribution in [2.45, 2.75) is 117 Å². The Morgan fingerprint density at radius 2 is 1.21 bits per heavy atom. The first-order valence-corrected chi connectivity index (χ1v) is 15.3. The van der Waals surface area contributed by atoms with Crippen LogP contribution in [0, 0.1) is 0 Å². The van der Waals surface area contributed by atoms with Crippen LogP contribution >= 0.6 is 0 Å². The second kappa shape index (κ2) is 21.6. The van der Waals surface area contributed by atoms with Crippen LogP contribution in [0.4, 0.5) is 0 Å². The molecule has 0 fully saturated rings. The number of rotatable bonds is 21. The van der Waals surface area contributed by atoms with E-state index >= 15 is 0 Å². The van der Waals surface area contributed by atoms with E-state index in [9.17, 15) is 9.90 Å². The number of carbonyl (C=O) groups is 1. The number of aromatic carboxylic acids is 1. The molecule has 1 N–H and O–H groups in total. The summed E-state index contributed by atoms with van der Waals surface area (Å²) < 4.78 is 0. The zero-order chi connectivity index (χ0) is 28.8. The van der Waals surface area contributed by atoms with Crippen molar-refractivity contribution in [2.75, 3.05) is 27.3 Å². The topological polar surface area (TPSA) is 78.8 Å². The Morgan fingerprint density at radius 3 is 1.64 bits per heavy atom. The molecular formula is C33H55NO5. The van der Waals surface area contributed by atoms with Crippen LogP contribution in [0.1, 0.15) is 127 Å². The first kappa shape index (κ1) is 34.9. The lowest BCUT2D eigenvalue weighted by Crippen LogP contribution is -2.46. The maximum absolute atomic E-state index is 11.1. The second-order valence-electron chi connectivity index (χ2n) is 10.5. The van der Waals surface area contributed by atoms with Gasteiger partial charge in [0.15, 0.2) is 0 Å². The molecular weight excluding hydrogens is 490 g/mol. The number of quaternary nitrogens is 1. The van der Waals surface area contributed by atoms with Gasteiger partial charge < -0.3 is 10.2 Å². The van der Waals surface area contributed by atoms with Crippen LogP contribution in [0.15, 0.2) is 36.4 Å². The smallest absolute Gasteiger partial charge is 0.336 e. The van der Waals surface area contributed by atoms with E-state index in [2.05, 4.69) is 13.8 Å². The molecule has 0 spiro atoms. The molecule has 0 amide bonds. The van der Waals surface area contributed by atoms with E-state index in [-0.39, 0.29) is 11.3 Å². The second-order valence-corrected chi connectivity index (χ2v) is 10.5. The lowest BCUT2D eigenvalue weighted by Gasteiger charge is -2.28. The van der Waals surface area contributed by atoms with Gasteiger partial charge in [-0.15, -0.1) is 5.75 Å². The maximum atomic E-state index is 11.1. The van der Waals surface area contributed by atoms with E-state index in [1.807, 2.05) is 0 Å². The van der Waals surface area contributed by atoms with Gasteiger partial charge in [0.05, 0.1) is 19.8 Å². The molecule has 0 bridgehead atoms. The molecule has 0 heterocycles. The minimum absolute atomic E-state index is 0.0631. The van der Waals surface area contributed by atoms with E-state index in [0.717, 1.165) is 19.2 Å². The van der Waals surface area contributed by atoms with Crippen LogP contribution in [0.5, 0.6) is 5.75 Å². The Bertz CT molecular complexity index is 889. The van der Waals surface area contributed by atoms with Gasteiger partial charge in [0.25, 0.3) is 0 Å². The van der Waals surface area contributed by atoms with Crippen LogP contribution in [0.25, 0.3) is 10.8 Å². The molecule has 0 saturated carbocycles. The SMILES string of the molecule is CCCCCCCCCCCCCCCCCC[N+](CC)(OC)OC.O=C(O)c1cc([O-])cc2ccccc12. The molecule has 6 heteroatoms. The summed E-state index contributed by atoms with van der Waals surface area (Å²) in [7, 11) is 3.47. The van der Waals surface area contributed by atoms with Crippen molar-refractivity contribution in [1.29, 1.82) is 0 Å². The van der Waals surface area contributed by atoms with Gasteiger partial charge in [0, 0.05) is 6.42 Å². The van der Waals surface area contributed by atoms with Crippen LogP contribution in [0.2, 0.25) is 0 Å². The average Bonchev–Trinajstić information content (AvgIpc) is 2.95. The van der Waals surface area contributed by atoms with Gasteiger partial charge in [-0.1, -0.05) is 133 Å². The minimum atomic E-state index is -1.07. The Morgan fingerprint density at radius 1 is 0.744 bits per heavy atom. The number of unbranched alkanes of at least 4 members (excludes halogenated alkanes) is 15. The molecule has 2 aromatic rings. The maximum Gasteiger partial charge on any atom is 0.336 e. The van der Waals surface area contributed by atoms with Crippen molar-refractivity contribution < 1.29 is 29.5 Å². The van der Waals surface area contributed by atoms with Crippen molar-refractivity contribution >= 4 is 16.7 Å². The molecule has 2 aromatic carbocycles. The van der Waals surface area contributed by atoms with Gasteiger partial charge in [-0.2, -0.15) is 9.68 Å². The predicted molar refractivity (Wildman–Crippen MR) is 160 cm³/mol. The van der Waals surface area contributed by atoms with E-state index in [0.29, 0.717) is 15.6 Å². The summed E-state index contributed by atoms with van der Waals surface area (Å²) in [4.78, 5) is 22.1. The van der Waals surface area contributed by atoms with E-state index < -0.39 is 5.97 Å². The highest BCUT2D eigenvalue weighted by molar-refractivity contribution is 6.04. The minimum Gasteiger partial charge on any atom is -0.872 e. The highest BCUT2D eigenvalue weighted by Gasteiger charge is 2.25. The fourth-order valence-corrected chi connectivity index (χ4v) is 5.03. The third-order valence-corrected chi connectivity index (χ3v) is 7.57. The largest absolute Gasteiger partial charge is 0.872 e. The van der Waals surface area contributed by atoms with E-state index in [1.54, 1.807) is 38.5 Å². The van der Waals surface area contributed by atoms with Gasteiger partial charge in [0.2, 0.25) is 0 Å². The normalized spacial score (nSPS) is 11.4. The van der Waals surface area contributed by atoms with E-state index in [1.165, 1.54) is 109 Å². The molecule has 0 aliphatic heterocycles. The van der Waals surface area contributed by atoms with Crippen LogP contribution in [0.3, 0.4) is 0 Å². The van der Waals surface area contributed by atoms with Crippen molar-refractivity contribution in [2.24, 2.45) is 0 Å². The highest BCUT2D eigenvalue weighted by atomic mass is 17.0. The molecule has 6 nitrogen and oxygen atoms in total. The number of carboxylic acids is 1. The summed E-state index contributed by atoms with van der Waals surface area (Å²) >= 11 is 0. The quantitative estimate of drug-likeness (QED) is 0.0963. The summed E-state index contributed by atoms with van der Waals surface area (Å²) in [6, 6.07) is 9.51. The van der Waals surface area contributed by atoms with Gasteiger partial charge in [-0.25, -0.2) is 4.79 Å². The zero-order valence-electron chi connectivity index (χ0n) is 25.2. The molecule has 222 valence electrons. The summed E-state index contributed by atoms with van der Waals surface area (Å²) in [5.74, 6) is -1.35. The zero-order valence-corrected chi connectivity index (χ0v) is 25.2. The summed E-state index contributed by atoms with van der Waals surface area (Å²) in [6.45, 7) is 6.23. The van der Waals surface area contributed by atoms with Crippen molar-refractivity contribution in [3.63, 3.8) is 0 Å². The molecule has 0 radical (unpaired) electrons. The first-order chi connectivity index (χ1) is 18.9. The number of hydrogen-bond donors (Lipinski definition) is 1. The Balaban J connectivity index is 0.000000451.